The van der Waals surface area contributed by atoms with Crippen molar-refractivity contribution in [2.75, 3.05) is 27.2 Å². The number of hydrogen-bond acceptors (Lipinski definition) is 4. The Morgan fingerprint density at radius 3 is 1.61 bits per heavy atom. The first-order chi connectivity index (χ1) is 22.4. The summed E-state index contributed by atoms with van der Waals surface area (Å²) in [7, 11) is 4.15. The van der Waals surface area contributed by atoms with Crippen molar-refractivity contribution < 1.29 is 14.4 Å². The normalized spacial score (nSPS) is 13.9. The number of carbonyl (C=O) groups excluding carboxylic acids is 3. The van der Waals surface area contributed by atoms with Gasteiger partial charge in [-0.15, -0.1) is 0 Å². The van der Waals surface area contributed by atoms with E-state index in [0.717, 1.165) is 64.5 Å². The molecule has 46 heavy (non-hydrogen) atoms. The van der Waals surface area contributed by atoms with Gasteiger partial charge in [-0.2, -0.15) is 0 Å². The van der Waals surface area contributed by atoms with Crippen LogP contribution in [0, 0.1) is 0 Å². The minimum atomic E-state index is -0.0229. The largest absolute Gasteiger partial charge is 0.350 e. The van der Waals surface area contributed by atoms with Gasteiger partial charge in [0.15, 0.2) is 0 Å². The van der Waals surface area contributed by atoms with Crippen LogP contribution < -0.4 is 10.6 Å². The Hall–Kier alpha value is -5.47. The van der Waals surface area contributed by atoms with Gasteiger partial charge in [-0.05, 0) is 55.1 Å². The van der Waals surface area contributed by atoms with Crippen molar-refractivity contribution in [3.05, 3.63) is 119 Å². The molecule has 0 saturated heterocycles. The third kappa shape index (κ3) is 5.37. The van der Waals surface area contributed by atoms with Crippen molar-refractivity contribution >= 4 is 39.9 Å². The van der Waals surface area contributed by atoms with Crippen LogP contribution in [0.1, 0.15) is 36.6 Å². The van der Waals surface area contributed by atoms with Gasteiger partial charge < -0.3 is 24.7 Å². The van der Waals surface area contributed by atoms with Crippen molar-refractivity contribution in [1.82, 2.24) is 24.7 Å². The fourth-order valence-electron chi connectivity index (χ4n) is 6.59. The number of nitrogens with one attached hydrogen (secondary N) is 2. The fraction of sp³-hybridized carbons (Fsp3) is 0.184. The Bertz CT molecular complexity index is 2100. The van der Waals surface area contributed by atoms with E-state index in [1.165, 1.54) is 16.8 Å². The Kier molecular flexibility index (Phi) is 7.72. The molecule has 0 aliphatic carbocycles. The van der Waals surface area contributed by atoms with Crippen molar-refractivity contribution in [1.29, 1.82) is 0 Å². The number of hydrogen-bond donors (Lipinski definition) is 2. The molecule has 2 amide bonds. The van der Waals surface area contributed by atoms with E-state index in [0.29, 0.717) is 24.2 Å². The van der Waals surface area contributed by atoms with Crippen LogP contribution in [-0.2, 0) is 19.6 Å². The standard InChI is InChI=1S/C20H21N3O.C18H14N2O2/c1-22(2)13-14-6-8-15(9-7-14)18-12-16-4-3-5-17-19(16)23(18)11-10-21-20(17)24;21-11-12-4-6-13(7-5-12)16-10-14-2-1-3-15-17(14)20(16)9-8-19-18(15)22/h3-9,12H,10-11,13H2,1-2H3,(H,21,24);1-7,10-11H,8-9H2,(H,19,22). The molecule has 0 radical (unpaired) electrons. The van der Waals surface area contributed by atoms with Crippen LogP contribution in [0.2, 0.25) is 0 Å². The predicted octanol–water partition coefficient (Wildman–Crippen LogP) is 5.98. The highest BCUT2D eigenvalue weighted by Gasteiger charge is 2.21. The van der Waals surface area contributed by atoms with E-state index < -0.39 is 0 Å². The maximum Gasteiger partial charge on any atom is 0.253 e. The second kappa shape index (κ2) is 12.1. The molecular weight excluding hydrogens is 574 g/mol. The summed E-state index contributed by atoms with van der Waals surface area (Å²) in [6.45, 7) is 3.73. The van der Waals surface area contributed by atoms with Crippen LogP contribution in [0.15, 0.2) is 97.1 Å². The summed E-state index contributed by atoms with van der Waals surface area (Å²) >= 11 is 0. The van der Waals surface area contributed by atoms with E-state index in [-0.39, 0.29) is 11.8 Å². The molecule has 230 valence electrons. The SMILES string of the molecule is CN(C)Cc1ccc(-c2cc3cccc4c3n2CCNC4=O)cc1.O=Cc1ccc(-c2cc3cccc4c3n2CCNC4=O)cc1. The maximum absolute atomic E-state index is 12.3. The second-order valence-electron chi connectivity index (χ2n) is 12.0. The lowest BCUT2D eigenvalue weighted by molar-refractivity contribution is 0.0948. The zero-order valence-corrected chi connectivity index (χ0v) is 25.9. The first-order valence-corrected chi connectivity index (χ1v) is 15.5. The third-order valence-electron chi connectivity index (χ3n) is 8.66. The van der Waals surface area contributed by atoms with Gasteiger partial charge in [-0.25, -0.2) is 0 Å². The summed E-state index contributed by atoms with van der Waals surface area (Å²) in [4.78, 5) is 37.4. The van der Waals surface area contributed by atoms with Crippen LogP contribution >= 0.6 is 0 Å². The van der Waals surface area contributed by atoms with E-state index in [4.69, 9.17) is 0 Å². The number of carbonyl (C=O) groups is 3. The fourth-order valence-corrected chi connectivity index (χ4v) is 6.59. The lowest BCUT2D eigenvalue weighted by Crippen LogP contribution is -2.24. The minimum absolute atomic E-state index is 0.0188. The van der Waals surface area contributed by atoms with Gasteiger partial charge in [-0.1, -0.05) is 72.8 Å². The van der Waals surface area contributed by atoms with Crippen molar-refractivity contribution in [3.63, 3.8) is 0 Å². The topological polar surface area (TPSA) is 88.4 Å². The highest BCUT2D eigenvalue weighted by molar-refractivity contribution is 6.08. The molecule has 0 atom stereocenters. The molecule has 8 nitrogen and oxygen atoms in total. The Labute approximate surface area is 267 Å². The van der Waals surface area contributed by atoms with Crippen LogP contribution in [0.5, 0.6) is 0 Å². The zero-order chi connectivity index (χ0) is 31.8. The average Bonchev–Trinajstić information content (AvgIpc) is 3.51. The molecule has 2 aliphatic rings. The molecule has 4 aromatic carbocycles. The molecule has 0 saturated carbocycles. The molecule has 8 heteroatoms. The molecule has 6 aromatic rings. The van der Waals surface area contributed by atoms with E-state index in [1.54, 1.807) is 0 Å². The van der Waals surface area contributed by atoms with Crippen LogP contribution in [0.3, 0.4) is 0 Å². The zero-order valence-electron chi connectivity index (χ0n) is 25.9. The summed E-state index contributed by atoms with van der Waals surface area (Å²) in [5.41, 5.74) is 9.93. The number of rotatable bonds is 5. The smallest absolute Gasteiger partial charge is 0.253 e. The second-order valence-corrected chi connectivity index (χ2v) is 12.0. The first-order valence-electron chi connectivity index (χ1n) is 15.5. The predicted molar refractivity (Wildman–Crippen MR) is 182 cm³/mol. The van der Waals surface area contributed by atoms with Gasteiger partial charge in [0.05, 0.1) is 22.2 Å². The highest BCUT2D eigenvalue weighted by atomic mass is 16.2. The van der Waals surface area contributed by atoms with Crippen molar-refractivity contribution in [3.8, 4) is 22.5 Å². The molecule has 8 rings (SSSR count). The maximum atomic E-state index is 12.3. The number of para-hydroxylation sites is 2. The Morgan fingerprint density at radius 1 is 0.674 bits per heavy atom. The molecule has 2 aromatic heterocycles. The van der Waals surface area contributed by atoms with Gasteiger partial charge in [0, 0.05) is 60.4 Å². The molecule has 0 fully saturated rings. The third-order valence-corrected chi connectivity index (χ3v) is 8.66. The molecule has 0 bridgehead atoms. The van der Waals surface area contributed by atoms with E-state index >= 15 is 0 Å². The first kappa shape index (κ1) is 29.3. The summed E-state index contributed by atoms with van der Waals surface area (Å²) in [6.07, 6.45) is 0.841. The highest BCUT2D eigenvalue weighted by Crippen LogP contribution is 2.33. The lowest BCUT2D eigenvalue weighted by atomic mass is 10.1. The Balaban J connectivity index is 0.000000147. The molecule has 2 N–H and O–H groups in total. The summed E-state index contributed by atoms with van der Waals surface area (Å²) in [5, 5.41) is 8.09. The minimum Gasteiger partial charge on any atom is -0.350 e. The number of benzene rings is 4. The molecule has 4 heterocycles. The lowest BCUT2D eigenvalue weighted by Gasteiger charge is -2.12. The van der Waals surface area contributed by atoms with E-state index in [1.807, 2.05) is 54.6 Å². The van der Waals surface area contributed by atoms with Gasteiger partial charge in [-0.3, -0.25) is 14.4 Å². The summed E-state index contributed by atoms with van der Waals surface area (Å²) in [5.74, 6) is -0.00404. The van der Waals surface area contributed by atoms with Crippen molar-refractivity contribution in [2.24, 2.45) is 0 Å². The van der Waals surface area contributed by atoms with Gasteiger partial charge in [0.1, 0.15) is 6.29 Å². The number of aromatic nitrogens is 2. The van der Waals surface area contributed by atoms with Gasteiger partial charge in [0.25, 0.3) is 11.8 Å². The Morgan fingerprint density at radius 2 is 1.15 bits per heavy atom. The molecule has 2 aliphatic heterocycles. The molecule has 0 spiro atoms. The van der Waals surface area contributed by atoms with Crippen LogP contribution in [0.25, 0.3) is 44.3 Å². The molecule has 0 unspecified atom stereocenters. The van der Waals surface area contributed by atoms with E-state index in [2.05, 4.69) is 81.2 Å². The monoisotopic (exact) mass is 609 g/mol. The van der Waals surface area contributed by atoms with E-state index in [9.17, 15) is 14.4 Å². The van der Waals surface area contributed by atoms with Crippen LogP contribution in [-0.4, -0.2) is 59.3 Å². The molecular formula is C38H35N5O3. The summed E-state index contributed by atoms with van der Waals surface area (Å²) in [6, 6.07) is 32.3. The van der Waals surface area contributed by atoms with Crippen molar-refractivity contribution in [2.45, 2.75) is 19.6 Å². The number of aldehydes is 1. The number of nitrogens with zero attached hydrogens (tertiary/aromatic N) is 3. The van der Waals surface area contributed by atoms with Gasteiger partial charge in [0.2, 0.25) is 0 Å². The average molecular weight is 610 g/mol. The summed E-state index contributed by atoms with van der Waals surface area (Å²) < 4.78 is 4.45. The number of amides is 2. The quantitative estimate of drug-likeness (QED) is 0.236. The van der Waals surface area contributed by atoms with Gasteiger partial charge >= 0.3 is 0 Å². The van der Waals surface area contributed by atoms with Crippen LogP contribution in [0.4, 0.5) is 0 Å².